The number of nitrogens with zero attached hydrogens (tertiary/aromatic N) is 2. The first kappa shape index (κ1) is 23.2. The van der Waals surface area contributed by atoms with Gasteiger partial charge in [0.05, 0.1) is 4.90 Å². The largest absolute Gasteiger partial charge is 0.378 e. The molecular formula is C23H30FN3O3S. The molecule has 3 rings (SSSR count). The second-order valence-electron chi connectivity index (χ2n) is 8.09. The van der Waals surface area contributed by atoms with Crippen molar-refractivity contribution in [3.05, 3.63) is 59.9 Å². The monoisotopic (exact) mass is 447 g/mol. The molecule has 1 amide bonds. The lowest BCUT2D eigenvalue weighted by atomic mass is 9.97. The normalized spacial score (nSPS) is 15.6. The number of halogens is 1. The molecule has 1 heterocycles. The first-order valence-corrected chi connectivity index (χ1v) is 12.0. The highest BCUT2D eigenvalue weighted by Gasteiger charge is 2.31. The van der Waals surface area contributed by atoms with Crippen LogP contribution in [0.2, 0.25) is 0 Å². The van der Waals surface area contributed by atoms with Crippen LogP contribution < -0.4 is 10.2 Å². The van der Waals surface area contributed by atoms with E-state index >= 15 is 0 Å². The van der Waals surface area contributed by atoms with Crippen LogP contribution in [0.15, 0.2) is 53.4 Å². The maximum absolute atomic E-state index is 13.1. The minimum atomic E-state index is -3.66. The zero-order valence-corrected chi connectivity index (χ0v) is 18.9. The molecule has 0 aliphatic carbocycles. The van der Waals surface area contributed by atoms with Gasteiger partial charge in [-0.05, 0) is 67.6 Å². The Morgan fingerprint density at radius 1 is 1.06 bits per heavy atom. The van der Waals surface area contributed by atoms with E-state index < -0.39 is 15.8 Å². The number of nitrogens with one attached hydrogen (secondary N) is 1. The van der Waals surface area contributed by atoms with E-state index in [-0.39, 0.29) is 29.8 Å². The van der Waals surface area contributed by atoms with Crippen molar-refractivity contribution in [3.8, 4) is 0 Å². The molecule has 0 aromatic heterocycles. The molecule has 1 aliphatic rings. The smallest absolute Gasteiger partial charge is 0.243 e. The molecule has 2 aromatic rings. The second-order valence-corrected chi connectivity index (χ2v) is 10.0. The van der Waals surface area contributed by atoms with E-state index in [1.807, 2.05) is 14.1 Å². The molecule has 0 unspecified atom stereocenters. The number of carbonyl (C=O) groups excluding carboxylic acids is 1. The van der Waals surface area contributed by atoms with Gasteiger partial charge in [-0.1, -0.05) is 12.1 Å². The minimum absolute atomic E-state index is 0.0122. The lowest BCUT2D eigenvalue weighted by Gasteiger charge is -2.30. The van der Waals surface area contributed by atoms with Crippen LogP contribution in [0.4, 0.5) is 10.1 Å². The number of hydrogen-bond acceptors (Lipinski definition) is 4. The van der Waals surface area contributed by atoms with Crippen LogP contribution >= 0.6 is 0 Å². The third kappa shape index (κ3) is 6.04. The maximum Gasteiger partial charge on any atom is 0.243 e. The van der Waals surface area contributed by atoms with E-state index in [9.17, 15) is 17.6 Å². The van der Waals surface area contributed by atoms with Crippen molar-refractivity contribution in [3.63, 3.8) is 0 Å². The molecule has 6 nitrogen and oxygen atoms in total. The number of aryl methyl sites for hydroxylation is 1. The first-order chi connectivity index (χ1) is 14.8. The predicted octanol–water partition coefficient (Wildman–Crippen LogP) is 3.04. The van der Waals surface area contributed by atoms with Gasteiger partial charge < -0.3 is 10.2 Å². The Hall–Kier alpha value is -2.45. The number of anilines is 1. The van der Waals surface area contributed by atoms with Crippen molar-refractivity contribution in [1.82, 2.24) is 9.62 Å². The second kappa shape index (κ2) is 10.2. The fourth-order valence-electron chi connectivity index (χ4n) is 3.72. The molecule has 2 aromatic carbocycles. The van der Waals surface area contributed by atoms with E-state index in [4.69, 9.17) is 0 Å². The van der Waals surface area contributed by atoms with E-state index in [0.29, 0.717) is 19.4 Å². The summed E-state index contributed by atoms with van der Waals surface area (Å²) >= 11 is 0. The van der Waals surface area contributed by atoms with Gasteiger partial charge in [-0.15, -0.1) is 0 Å². The topological polar surface area (TPSA) is 69.7 Å². The van der Waals surface area contributed by atoms with Crippen molar-refractivity contribution in [2.75, 3.05) is 38.6 Å². The van der Waals surface area contributed by atoms with Crippen LogP contribution in [0.25, 0.3) is 0 Å². The molecule has 0 bridgehead atoms. The van der Waals surface area contributed by atoms with Gasteiger partial charge in [0.25, 0.3) is 0 Å². The van der Waals surface area contributed by atoms with Gasteiger partial charge in [0.15, 0.2) is 0 Å². The summed E-state index contributed by atoms with van der Waals surface area (Å²) in [7, 11) is 0.358. The van der Waals surface area contributed by atoms with Crippen LogP contribution in [0.3, 0.4) is 0 Å². The Balaban J connectivity index is 1.41. The molecule has 0 radical (unpaired) electrons. The van der Waals surface area contributed by atoms with Gasteiger partial charge in [-0.25, -0.2) is 12.8 Å². The lowest BCUT2D eigenvalue weighted by molar-refractivity contribution is -0.126. The summed E-state index contributed by atoms with van der Waals surface area (Å²) in [5.74, 6) is -0.666. The average molecular weight is 448 g/mol. The molecule has 8 heteroatoms. The number of amides is 1. The van der Waals surface area contributed by atoms with Crippen LogP contribution in [-0.4, -0.2) is 52.4 Å². The van der Waals surface area contributed by atoms with E-state index in [2.05, 4.69) is 34.5 Å². The van der Waals surface area contributed by atoms with Gasteiger partial charge in [-0.3, -0.25) is 4.79 Å². The van der Waals surface area contributed by atoms with Crippen LogP contribution in [0, 0.1) is 11.7 Å². The fourth-order valence-corrected chi connectivity index (χ4v) is 5.19. The Morgan fingerprint density at radius 3 is 2.26 bits per heavy atom. The number of sulfonamides is 1. The number of hydrogen-bond donors (Lipinski definition) is 1. The SMILES string of the molecule is CN(C)c1ccc(CCCNC(=O)C2CCN(S(=O)(=O)c3ccc(F)cc3)CC2)cc1. The highest BCUT2D eigenvalue weighted by molar-refractivity contribution is 7.89. The van der Waals surface area contributed by atoms with E-state index in [0.717, 1.165) is 30.7 Å². The summed E-state index contributed by atoms with van der Waals surface area (Å²) in [5, 5.41) is 2.99. The van der Waals surface area contributed by atoms with Crippen LogP contribution in [0.5, 0.6) is 0 Å². The van der Waals surface area contributed by atoms with Crippen molar-refractivity contribution in [2.45, 2.75) is 30.6 Å². The highest BCUT2D eigenvalue weighted by atomic mass is 32.2. The Kier molecular flexibility index (Phi) is 7.67. The molecule has 1 saturated heterocycles. The van der Waals surface area contributed by atoms with E-state index in [1.54, 1.807) is 0 Å². The molecule has 0 saturated carbocycles. The minimum Gasteiger partial charge on any atom is -0.378 e. The first-order valence-electron chi connectivity index (χ1n) is 10.6. The molecule has 168 valence electrons. The van der Waals surface area contributed by atoms with Gasteiger partial charge in [-0.2, -0.15) is 4.31 Å². The number of benzene rings is 2. The molecule has 0 spiro atoms. The lowest BCUT2D eigenvalue weighted by Crippen LogP contribution is -2.43. The molecule has 1 aliphatic heterocycles. The van der Waals surface area contributed by atoms with Gasteiger partial charge in [0, 0.05) is 45.3 Å². The molecule has 1 N–H and O–H groups in total. The summed E-state index contributed by atoms with van der Waals surface area (Å²) in [5.41, 5.74) is 2.39. The molecule has 0 atom stereocenters. The third-order valence-corrected chi connectivity index (χ3v) is 7.58. The standard InChI is InChI=1S/C23H30FN3O3S/c1-26(2)21-9-5-18(6-10-21)4-3-15-25-23(28)19-13-16-27(17-14-19)31(29,30)22-11-7-20(24)8-12-22/h5-12,19H,3-4,13-17H2,1-2H3,(H,25,28). The zero-order valence-electron chi connectivity index (χ0n) is 18.1. The number of rotatable bonds is 8. The molecule has 31 heavy (non-hydrogen) atoms. The maximum atomic E-state index is 13.1. The third-order valence-electron chi connectivity index (χ3n) is 5.67. The van der Waals surface area contributed by atoms with Crippen LogP contribution in [-0.2, 0) is 21.2 Å². The van der Waals surface area contributed by atoms with Gasteiger partial charge in [0.2, 0.25) is 15.9 Å². The average Bonchev–Trinajstić information content (AvgIpc) is 2.77. The van der Waals surface area contributed by atoms with Crippen molar-refractivity contribution >= 4 is 21.6 Å². The predicted molar refractivity (Wildman–Crippen MR) is 120 cm³/mol. The van der Waals surface area contributed by atoms with Crippen molar-refractivity contribution in [2.24, 2.45) is 5.92 Å². The van der Waals surface area contributed by atoms with Gasteiger partial charge >= 0.3 is 0 Å². The summed E-state index contributed by atoms with van der Waals surface area (Å²) in [6, 6.07) is 13.2. The quantitative estimate of drug-likeness (QED) is 0.632. The molecular weight excluding hydrogens is 417 g/mol. The highest BCUT2D eigenvalue weighted by Crippen LogP contribution is 2.24. The summed E-state index contributed by atoms with van der Waals surface area (Å²) in [4.78, 5) is 14.6. The summed E-state index contributed by atoms with van der Waals surface area (Å²) in [6.45, 7) is 1.17. The zero-order chi connectivity index (χ0) is 22.4. The number of piperidine rings is 1. The fraction of sp³-hybridized carbons (Fsp3) is 0.435. The van der Waals surface area contributed by atoms with Crippen molar-refractivity contribution < 1.29 is 17.6 Å². The van der Waals surface area contributed by atoms with Gasteiger partial charge in [0.1, 0.15) is 5.82 Å². The van der Waals surface area contributed by atoms with Crippen LogP contribution in [0.1, 0.15) is 24.8 Å². The Bertz CT molecular complexity index is 968. The number of carbonyl (C=O) groups is 1. The molecule has 1 fully saturated rings. The summed E-state index contributed by atoms with van der Waals surface area (Å²) < 4.78 is 39.8. The van der Waals surface area contributed by atoms with E-state index in [1.165, 1.54) is 22.0 Å². The Morgan fingerprint density at radius 2 is 1.68 bits per heavy atom. The van der Waals surface area contributed by atoms with Crippen molar-refractivity contribution in [1.29, 1.82) is 0 Å². The Labute approximate surface area is 184 Å². The summed E-state index contributed by atoms with van der Waals surface area (Å²) in [6.07, 6.45) is 2.71.